The Morgan fingerprint density at radius 1 is 1.56 bits per heavy atom. The fourth-order valence-electron chi connectivity index (χ4n) is 1.62. The lowest BCUT2D eigenvalue weighted by Crippen LogP contribution is -2.18. The average Bonchev–Trinajstić information content (AvgIpc) is 2.65. The topological polar surface area (TPSA) is 71.6 Å². The van der Waals surface area contributed by atoms with Crippen molar-refractivity contribution < 1.29 is 4.92 Å². The minimum absolute atomic E-state index is 0.0104. The summed E-state index contributed by atoms with van der Waals surface area (Å²) in [5, 5.41) is 10.4. The molecule has 0 aliphatic carbocycles. The van der Waals surface area contributed by atoms with Crippen molar-refractivity contribution in [3.8, 4) is 0 Å². The molecule has 0 amide bonds. The Morgan fingerprint density at radius 2 is 2.38 bits per heavy atom. The van der Waals surface area contributed by atoms with Crippen LogP contribution in [0, 0.1) is 10.1 Å². The van der Waals surface area contributed by atoms with Crippen molar-refractivity contribution in [1.29, 1.82) is 0 Å². The maximum atomic E-state index is 10.4. The van der Waals surface area contributed by atoms with Crippen molar-refractivity contribution >= 4 is 17.3 Å². The van der Waals surface area contributed by atoms with E-state index in [2.05, 4.69) is 14.9 Å². The van der Waals surface area contributed by atoms with E-state index in [9.17, 15) is 10.1 Å². The third kappa shape index (κ3) is 2.16. The highest BCUT2D eigenvalue weighted by atomic mass is 16.6. The van der Waals surface area contributed by atoms with Gasteiger partial charge in [0.15, 0.2) is 5.82 Å². The van der Waals surface area contributed by atoms with E-state index in [0.29, 0.717) is 5.82 Å². The van der Waals surface area contributed by atoms with Gasteiger partial charge in [0.05, 0.1) is 4.92 Å². The van der Waals surface area contributed by atoms with Gasteiger partial charge in [-0.05, 0) is 12.5 Å². The highest BCUT2D eigenvalue weighted by molar-refractivity contribution is 5.85. The molecule has 16 heavy (non-hydrogen) atoms. The molecule has 0 bridgehead atoms. The van der Waals surface area contributed by atoms with Gasteiger partial charge in [-0.25, -0.2) is 9.98 Å². The van der Waals surface area contributed by atoms with Crippen LogP contribution >= 0.6 is 0 Å². The van der Waals surface area contributed by atoms with Crippen LogP contribution in [-0.4, -0.2) is 34.2 Å². The molecule has 1 saturated heterocycles. The summed E-state index contributed by atoms with van der Waals surface area (Å²) in [6.07, 6.45) is 3.27. The Labute approximate surface area is 92.8 Å². The van der Waals surface area contributed by atoms with Crippen LogP contribution in [0.2, 0.25) is 0 Å². The maximum Gasteiger partial charge on any atom is 0.287 e. The zero-order valence-corrected chi connectivity index (χ0v) is 8.96. The second-order valence-corrected chi connectivity index (χ2v) is 3.68. The average molecular weight is 220 g/mol. The summed E-state index contributed by atoms with van der Waals surface area (Å²) in [7, 11) is 1.98. The molecule has 0 saturated carbocycles. The van der Waals surface area contributed by atoms with E-state index >= 15 is 0 Å². The second kappa shape index (κ2) is 4.26. The highest BCUT2D eigenvalue weighted by Crippen LogP contribution is 2.17. The van der Waals surface area contributed by atoms with Gasteiger partial charge in [-0.1, -0.05) is 0 Å². The van der Waals surface area contributed by atoms with Crippen LogP contribution in [0.1, 0.15) is 12.8 Å². The van der Waals surface area contributed by atoms with Gasteiger partial charge in [0.1, 0.15) is 12.0 Å². The lowest BCUT2D eigenvalue weighted by atomic mass is 10.3. The minimum atomic E-state index is -0.467. The number of hydrogen-bond donors (Lipinski definition) is 0. The van der Waals surface area contributed by atoms with Gasteiger partial charge in [-0.3, -0.25) is 10.1 Å². The van der Waals surface area contributed by atoms with Crippen LogP contribution in [0.5, 0.6) is 0 Å². The van der Waals surface area contributed by atoms with Gasteiger partial charge >= 0.3 is 0 Å². The molecule has 0 spiro atoms. The molecule has 0 aromatic carbocycles. The molecular weight excluding hydrogens is 208 g/mol. The van der Waals surface area contributed by atoms with Crippen LogP contribution in [0.15, 0.2) is 23.3 Å². The molecule has 1 aromatic rings. The Balaban J connectivity index is 2.19. The van der Waals surface area contributed by atoms with E-state index in [4.69, 9.17) is 0 Å². The van der Waals surface area contributed by atoms with Gasteiger partial charge in [0, 0.05) is 26.1 Å². The molecule has 2 rings (SSSR count). The van der Waals surface area contributed by atoms with E-state index in [1.807, 2.05) is 7.05 Å². The highest BCUT2D eigenvalue weighted by Gasteiger charge is 2.14. The Kier molecular flexibility index (Phi) is 2.80. The second-order valence-electron chi connectivity index (χ2n) is 3.68. The Bertz CT molecular complexity index is 427. The molecule has 0 radical (unpaired) electrons. The summed E-state index contributed by atoms with van der Waals surface area (Å²) < 4.78 is 0. The molecule has 0 N–H and O–H groups in total. The molecule has 0 unspecified atom stereocenters. The van der Waals surface area contributed by atoms with E-state index in [1.165, 1.54) is 12.3 Å². The van der Waals surface area contributed by atoms with Crippen LogP contribution in [0.25, 0.3) is 0 Å². The first-order valence-electron chi connectivity index (χ1n) is 5.06. The zero-order valence-electron chi connectivity index (χ0n) is 8.96. The number of aliphatic imine (C=N–C) groups is 1. The van der Waals surface area contributed by atoms with E-state index in [-0.39, 0.29) is 5.69 Å². The number of pyridine rings is 1. The summed E-state index contributed by atoms with van der Waals surface area (Å²) in [4.78, 5) is 20.3. The molecule has 1 aromatic heterocycles. The normalized spacial score (nSPS) is 18.1. The number of rotatable bonds is 2. The molecule has 84 valence electrons. The fourth-order valence-corrected chi connectivity index (χ4v) is 1.62. The van der Waals surface area contributed by atoms with Gasteiger partial charge in [0.2, 0.25) is 0 Å². The Hall–Kier alpha value is -1.98. The minimum Gasteiger partial charge on any atom is -0.363 e. The predicted octanol–water partition coefficient (Wildman–Crippen LogP) is 1.75. The Morgan fingerprint density at radius 3 is 2.88 bits per heavy atom. The third-order valence-electron chi connectivity index (χ3n) is 2.52. The fraction of sp³-hybridized carbons (Fsp3) is 0.400. The summed E-state index contributed by atoms with van der Waals surface area (Å²) >= 11 is 0. The van der Waals surface area contributed by atoms with Crippen LogP contribution < -0.4 is 0 Å². The van der Waals surface area contributed by atoms with E-state index in [0.717, 1.165) is 25.2 Å². The monoisotopic (exact) mass is 220 g/mol. The van der Waals surface area contributed by atoms with E-state index < -0.39 is 4.92 Å². The number of likely N-dealkylation sites (tertiary alicyclic amines) is 1. The first kappa shape index (κ1) is 10.5. The number of amidine groups is 1. The summed E-state index contributed by atoms with van der Waals surface area (Å²) in [6, 6.07) is 2.98. The number of nitrogens with zero attached hydrogens (tertiary/aromatic N) is 4. The lowest BCUT2D eigenvalue weighted by Gasteiger charge is -2.10. The SMILES string of the molecule is CN1CCCC1=Nc1ccc([N+](=O)[O-])cn1. The molecule has 6 nitrogen and oxygen atoms in total. The van der Waals surface area contributed by atoms with Crippen molar-refractivity contribution in [2.24, 2.45) is 4.99 Å². The smallest absolute Gasteiger partial charge is 0.287 e. The summed E-state index contributed by atoms with van der Waals surface area (Å²) in [6.45, 7) is 1.01. The summed E-state index contributed by atoms with van der Waals surface area (Å²) in [5.41, 5.74) is -0.0104. The first-order valence-corrected chi connectivity index (χ1v) is 5.06. The largest absolute Gasteiger partial charge is 0.363 e. The van der Waals surface area contributed by atoms with Crippen molar-refractivity contribution in [3.05, 3.63) is 28.4 Å². The van der Waals surface area contributed by atoms with Gasteiger partial charge < -0.3 is 4.90 Å². The first-order chi connectivity index (χ1) is 7.66. The van der Waals surface area contributed by atoms with Crippen molar-refractivity contribution in [2.75, 3.05) is 13.6 Å². The van der Waals surface area contributed by atoms with Crippen LogP contribution in [-0.2, 0) is 0 Å². The van der Waals surface area contributed by atoms with Crippen LogP contribution in [0.4, 0.5) is 11.5 Å². The maximum absolute atomic E-state index is 10.4. The van der Waals surface area contributed by atoms with Crippen molar-refractivity contribution in [3.63, 3.8) is 0 Å². The molecule has 2 heterocycles. The number of nitro groups is 1. The lowest BCUT2D eigenvalue weighted by molar-refractivity contribution is -0.385. The number of aromatic nitrogens is 1. The molecule has 0 atom stereocenters. The molecule has 1 aliphatic heterocycles. The van der Waals surface area contributed by atoms with Crippen molar-refractivity contribution in [1.82, 2.24) is 9.88 Å². The molecule has 1 fully saturated rings. The standard InChI is InChI=1S/C10H12N4O2/c1-13-6-2-3-10(13)12-9-5-4-8(7-11-9)14(15)16/h4-5,7H,2-3,6H2,1H3. The van der Waals surface area contributed by atoms with Gasteiger partial charge in [-0.2, -0.15) is 0 Å². The van der Waals surface area contributed by atoms with Crippen LogP contribution in [0.3, 0.4) is 0 Å². The molecule has 1 aliphatic rings. The summed E-state index contributed by atoms with van der Waals surface area (Å²) in [5.74, 6) is 1.51. The predicted molar refractivity (Wildman–Crippen MR) is 59.9 cm³/mol. The van der Waals surface area contributed by atoms with Crippen molar-refractivity contribution in [2.45, 2.75) is 12.8 Å². The quantitative estimate of drug-likeness (QED) is 0.562. The zero-order chi connectivity index (χ0) is 11.5. The number of hydrogen-bond acceptors (Lipinski definition) is 4. The van der Waals surface area contributed by atoms with Gasteiger partial charge in [-0.15, -0.1) is 0 Å². The van der Waals surface area contributed by atoms with E-state index in [1.54, 1.807) is 6.07 Å². The molecule has 6 heteroatoms. The molecular formula is C10H12N4O2. The van der Waals surface area contributed by atoms with Gasteiger partial charge in [0.25, 0.3) is 5.69 Å². The third-order valence-corrected chi connectivity index (χ3v) is 2.52.